The lowest BCUT2D eigenvalue weighted by Crippen LogP contribution is -2.35. The van der Waals surface area contributed by atoms with Crippen LogP contribution in [0.4, 0.5) is 0 Å². The van der Waals surface area contributed by atoms with E-state index in [0.717, 1.165) is 0 Å². The largest absolute Gasteiger partial charge is 0.369 e. The van der Waals surface area contributed by atoms with Gasteiger partial charge in [-0.3, -0.25) is 0 Å². The van der Waals surface area contributed by atoms with Crippen molar-refractivity contribution in [2.24, 2.45) is 5.73 Å². The van der Waals surface area contributed by atoms with E-state index in [1.165, 1.54) is 0 Å². The molecule has 0 aliphatic rings. The first kappa shape index (κ1) is 9.39. The Morgan fingerprint density at radius 2 is 2.00 bits per heavy atom. The fraction of sp³-hybridized carbons (Fsp3) is 0.833. The number of rotatable bonds is 3. The van der Waals surface area contributed by atoms with E-state index in [1.54, 1.807) is 6.92 Å². The zero-order valence-electron chi connectivity index (χ0n) is 6.55. The van der Waals surface area contributed by atoms with Crippen LogP contribution in [0.2, 0.25) is 0 Å². The maximum Gasteiger partial charge on any atom is 0.341 e. The summed E-state index contributed by atoms with van der Waals surface area (Å²) in [6.45, 7) is 5.31. The summed E-state index contributed by atoms with van der Waals surface area (Å²) in [7, 11) is 0. The van der Waals surface area contributed by atoms with E-state index in [0.29, 0.717) is 0 Å². The Morgan fingerprint density at radius 3 is 2.30 bits per heavy atom. The SMILES string of the molecule is CC(C)NOC(=O)[C@H](C)N. The average Bonchev–Trinajstić information content (AvgIpc) is 1.82. The lowest BCUT2D eigenvalue weighted by Gasteiger charge is -2.09. The van der Waals surface area contributed by atoms with Crippen LogP contribution in [0, 0.1) is 0 Å². The molecule has 0 saturated carbocycles. The minimum absolute atomic E-state index is 0.127. The van der Waals surface area contributed by atoms with Gasteiger partial charge in [0.25, 0.3) is 0 Å². The summed E-state index contributed by atoms with van der Waals surface area (Å²) in [5, 5.41) is 0. The van der Waals surface area contributed by atoms with Gasteiger partial charge in [0.2, 0.25) is 0 Å². The van der Waals surface area contributed by atoms with Gasteiger partial charge in [-0.15, -0.1) is 0 Å². The number of nitrogens with one attached hydrogen (secondary N) is 1. The van der Waals surface area contributed by atoms with Gasteiger partial charge in [-0.05, 0) is 20.8 Å². The van der Waals surface area contributed by atoms with Crippen LogP contribution < -0.4 is 11.2 Å². The molecule has 60 valence electrons. The fourth-order valence-corrected chi connectivity index (χ4v) is 0.269. The van der Waals surface area contributed by atoms with Crippen molar-refractivity contribution in [1.82, 2.24) is 5.48 Å². The van der Waals surface area contributed by atoms with Gasteiger partial charge < -0.3 is 10.6 Å². The molecule has 0 unspecified atom stereocenters. The Bertz CT molecular complexity index is 112. The van der Waals surface area contributed by atoms with Crippen LogP contribution in [-0.4, -0.2) is 18.1 Å². The quantitative estimate of drug-likeness (QED) is 0.541. The van der Waals surface area contributed by atoms with Crippen LogP contribution in [0.1, 0.15) is 20.8 Å². The highest BCUT2D eigenvalue weighted by molar-refractivity contribution is 5.74. The van der Waals surface area contributed by atoms with E-state index in [2.05, 4.69) is 10.3 Å². The summed E-state index contributed by atoms with van der Waals surface area (Å²) in [4.78, 5) is 15.2. The van der Waals surface area contributed by atoms with Crippen molar-refractivity contribution >= 4 is 5.97 Å². The average molecular weight is 146 g/mol. The molecule has 1 atom stereocenters. The van der Waals surface area contributed by atoms with Crippen molar-refractivity contribution in [3.8, 4) is 0 Å². The number of hydroxylamine groups is 1. The Kier molecular flexibility index (Phi) is 3.99. The molecule has 3 N–H and O–H groups in total. The predicted molar refractivity (Wildman–Crippen MR) is 38.0 cm³/mol. The molecule has 0 aromatic carbocycles. The Hall–Kier alpha value is -0.610. The highest BCUT2D eigenvalue weighted by atomic mass is 16.7. The van der Waals surface area contributed by atoms with Gasteiger partial charge in [0.05, 0.1) is 0 Å². The van der Waals surface area contributed by atoms with Gasteiger partial charge in [0, 0.05) is 6.04 Å². The smallest absolute Gasteiger partial charge is 0.341 e. The Labute approximate surface area is 60.7 Å². The van der Waals surface area contributed by atoms with Gasteiger partial charge in [0.15, 0.2) is 0 Å². The number of nitrogens with two attached hydrogens (primary N) is 1. The molecule has 0 rings (SSSR count). The molecular weight excluding hydrogens is 132 g/mol. The standard InChI is InChI=1S/C6H14N2O2/c1-4(2)8-10-6(9)5(3)7/h4-5,8H,7H2,1-3H3/t5-/m0/s1. The molecule has 10 heavy (non-hydrogen) atoms. The van der Waals surface area contributed by atoms with E-state index in [-0.39, 0.29) is 6.04 Å². The van der Waals surface area contributed by atoms with Gasteiger partial charge >= 0.3 is 5.97 Å². The summed E-state index contributed by atoms with van der Waals surface area (Å²) in [6.07, 6.45) is 0. The molecule has 0 aromatic heterocycles. The van der Waals surface area contributed by atoms with Crippen LogP contribution in [0.15, 0.2) is 0 Å². The normalized spacial score (nSPS) is 13.3. The summed E-state index contributed by atoms with van der Waals surface area (Å²) in [6, 6.07) is -0.436. The van der Waals surface area contributed by atoms with E-state index in [9.17, 15) is 4.79 Å². The number of hydrogen-bond acceptors (Lipinski definition) is 4. The second-order valence-electron chi connectivity index (χ2n) is 2.48. The van der Waals surface area contributed by atoms with E-state index in [1.807, 2.05) is 13.8 Å². The monoisotopic (exact) mass is 146 g/mol. The fourth-order valence-electron chi connectivity index (χ4n) is 0.269. The van der Waals surface area contributed by atoms with Crippen molar-refractivity contribution in [1.29, 1.82) is 0 Å². The van der Waals surface area contributed by atoms with Gasteiger partial charge in [-0.25, -0.2) is 4.79 Å². The topological polar surface area (TPSA) is 64.3 Å². The highest BCUT2D eigenvalue weighted by Gasteiger charge is 2.08. The maximum absolute atomic E-state index is 10.6. The van der Waals surface area contributed by atoms with Gasteiger partial charge in [-0.2, -0.15) is 5.48 Å². The molecule has 0 heterocycles. The third-order valence-electron chi connectivity index (χ3n) is 0.767. The number of carbonyl (C=O) groups is 1. The highest BCUT2D eigenvalue weighted by Crippen LogP contribution is 1.82. The van der Waals surface area contributed by atoms with E-state index in [4.69, 9.17) is 5.73 Å². The van der Waals surface area contributed by atoms with Gasteiger partial charge in [0.1, 0.15) is 6.04 Å². The molecule has 0 spiro atoms. The molecular formula is C6H14N2O2. The second-order valence-corrected chi connectivity index (χ2v) is 2.48. The lowest BCUT2D eigenvalue weighted by molar-refractivity contribution is -0.153. The first-order chi connectivity index (χ1) is 4.54. The molecule has 0 aliphatic heterocycles. The van der Waals surface area contributed by atoms with Crippen molar-refractivity contribution in [3.63, 3.8) is 0 Å². The van der Waals surface area contributed by atoms with Crippen molar-refractivity contribution < 1.29 is 9.63 Å². The minimum atomic E-state index is -0.564. The van der Waals surface area contributed by atoms with Crippen LogP contribution in [0.3, 0.4) is 0 Å². The molecule has 4 heteroatoms. The van der Waals surface area contributed by atoms with Gasteiger partial charge in [-0.1, -0.05) is 0 Å². The predicted octanol–water partition coefficient (Wildman–Crippen LogP) is -0.210. The van der Waals surface area contributed by atoms with E-state index < -0.39 is 12.0 Å². The first-order valence-corrected chi connectivity index (χ1v) is 3.26. The zero-order chi connectivity index (χ0) is 8.15. The van der Waals surface area contributed by atoms with Crippen LogP contribution in [-0.2, 0) is 9.63 Å². The van der Waals surface area contributed by atoms with Crippen molar-refractivity contribution in [3.05, 3.63) is 0 Å². The van der Waals surface area contributed by atoms with E-state index >= 15 is 0 Å². The lowest BCUT2D eigenvalue weighted by atomic mass is 10.4. The Balaban J connectivity index is 3.40. The van der Waals surface area contributed by atoms with Crippen LogP contribution in [0.25, 0.3) is 0 Å². The molecule has 0 radical (unpaired) electrons. The van der Waals surface area contributed by atoms with Crippen LogP contribution >= 0.6 is 0 Å². The number of carbonyl (C=O) groups excluding carboxylic acids is 1. The summed E-state index contributed by atoms with van der Waals surface area (Å²) < 4.78 is 0. The molecule has 0 aliphatic carbocycles. The summed E-state index contributed by atoms with van der Waals surface area (Å²) in [5.74, 6) is -0.436. The number of hydrogen-bond donors (Lipinski definition) is 2. The molecule has 0 bridgehead atoms. The Morgan fingerprint density at radius 1 is 1.50 bits per heavy atom. The summed E-state index contributed by atoms with van der Waals surface area (Å²) >= 11 is 0. The second kappa shape index (κ2) is 4.24. The third kappa shape index (κ3) is 4.29. The molecule has 0 amide bonds. The first-order valence-electron chi connectivity index (χ1n) is 3.26. The van der Waals surface area contributed by atoms with Crippen molar-refractivity contribution in [2.45, 2.75) is 32.9 Å². The molecule has 4 nitrogen and oxygen atoms in total. The molecule has 0 fully saturated rings. The molecule has 0 aromatic rings. The van der Waals surface area contributed by atoms with Crippen LogP contribution in [0.5, 0.6) is 0 Å². The third-order valence-corrected chi connectivity index (χ3v) is 0.767. The zero-order valence-corrected chi connectivity index (χ0v) is 6.55. The van der Waals surface area contributed by atoms with Crippen molar-refractivity contribution in [2.75, 3.05) is 0 Å². The molecule has 0 saturated heterocycles. The minimum Gasteiger partial charge on any atom is -0.369 e. The maximum atomic E-state index is 10.6. The summed E-state index contributed by atoms with van der Waals surface area (Å²) in [5.41, 5.74) is 7.70.